The molecule has 2 heterocycles. The fourth-order valence-corrected chi connectivity index (χ4v) is 7.37. The molecule has 6 aromatic rings. The van der Waals surface area contributed by atoms with E-state index in [0.29, 0.717) is 0 Å². The summed E-state index contributed by atoms with van der Waals surface area (Å²) in [5.74, 6) is 1.84. The van der Waals surface area contributed by atoms with Crippen LogP contribution in [-0.2, 0) is 11.8 Å². The van der Waals surface area contributed by atoms with Gasteiger partial charge in [-0.05, 0) is 110 Å². The van der Waals surface area contributed by atoms with Gasteiger partial charge in [0.05, 0.1) is 17.3 Å². The highest BCUT2D eigenvalue weighted by Gasteiger charge is 2.39. The van der Waals surface area contributed by atoms with Crippen molar-refractivity contribution in [3.63, 3.8) is 0 Å². The molecular weight excluding hydrogens is 574 g/mol. The molecule has 2 aromatic heterocycles. The molecule has 0 spiro atoms. The first-order chi connectivity index (χ1) is 22.8. The van der Waals surface area contributed by atoms with Crippen molar-refractivity contribution < 1.29 is 9.15 Å². The topological polar surface area (TPSA) is 27.3 Å². The van der Waals surface area contributed by atoms with Crippen LogP contribution in [-0.4, -0.2) is 10.7 Å². The SMILES string of the molecule is C/C=C\c1c(/C=C/c2cc3ccccc3o2)c2ccccc2n1-c1ccc2c(c1)C(C)(C)c1c-2ccc(OC(C)C)c1C/C=C\CC. The first-order valence-electron chi connectivity index (χ1n) is 16.9. The highest BCUT2D eigenvalue weighted by molar-refractivity contribution is 5.98. The number of hydrogen-bond acceptors (Lipinski definition) is 2. The second-order valence-electron chi connectivity index (χ2n) is 13.2. The Labute approximate surface area is 278 Å². The Morgan fingerprint density at radius 2 is 1.64 bits per heavy atom. The predicted octanol–water partition coefficient (Wildman–Crippen LogP) is 12.2. The summed E-state index contributed by atoms with van der Waals surface area (Å²) in [7, 11) is 0. The molecule has 0 amide bonds. The van der Waals surface area contributed by atoms with Gasteiger partial charge in [0, 0.05) is 33.0 Å². The van der Waals surface area contributed by atoms with E-state index in [-0.39, 0.29) is 11.5 Å². The van der Waals surface area contributed by atoms with Gasteiger partial charge in [0.2, 0.25) is 0 Å². The van der Waals surface area contributed by atoms with Gasteiger partial charge in [-0.1, -0.05) is 87.5 Å². The van der Waals surface area contributed by atoms with Gasteiger partial charge in [-0.25, -0.2) is 0 Å². The van der Waals surface area contributed by atoms with Crippen molar-refractivity contribution in [3.05, 3.63) is 137 Å². The first-order valence-corrected chi connectivity index (χ1v) is 16.9. The number of para-hydroxylation sites is 2. The van der Waals surface area contributed by atoms with Crippen LogP contribution in [0.5, 0.6) is 5.75 Å². The lowest BCUT2D eigenvalue weighted by Crippen LogP contribution is -2.19. The molecule has 236 valence electrons. The molecule has 0 saturated heterocycles. The van der Waals surface area contributed by atoms with E-state index in [1.807, 2.05) is 18.2 Å². The van der Waals surface area contributed by atoms with Crippen LogP contribution in [0.1, 0.15) is 81.7 Å². The van der Waals surface area contributed by atoms with Crippen molar-refractivity contribution in [2.24, 2.45) is 0 Å². The summed E-state index contributed by atoms with van der Waals surface area (Å²) in [4.78, 5) is 0. The quantitative estimate of drug-likeness (QED) is 0.151. The summed E-state index contributed by atoms with van der Waals surface area (Å²) in [6, 6.07) is 30.4. The fraction of sp³-hybridized carbons (Fsp3) is 0.227. The Balaban J connectivity index is 1.38. The highest BCUT2D eigenvalue weighted by Crippen LogP contribution is 2.53. The van der Waals surface area contributed by atoms with Crippen LogP contribution in [0.15, 0.2) is 108 Å². The predicted molar refractivity (Wildman–Crippen MR) is 200 cm³/mol. The molecule has 0 aliphatic heterocycles. The summed E-state index contributed by atoms with van der Waals surface area (Å²) in [6.45, 7) is 13.2. The number of aromatic nitrogens is 1. The van der Waals surface area contributed by atoms with E-state index >= 15 is 0 Å². The van der Waals surface area contributed by atoms with Crippen molar-refractivity contribution in [3.8, 4) is 22.6 Å². The maximum absolute atomic E-state index is 6.39. The van der Waals surface area contributed by atoms with E-state index in [4.69, 9.17) is 9.15 Å². The molecule has 0 unspecified atom stereocenters. The second-order valence-corrected chi connectivity index (χ2v) is 13.2. The van der Waals surface area contributed by atoms with Gasteiger partial charge in [0.1, 0.15) is 17.1 Å². The van der Waals surface area contributed by atoms with Crippen LogP contribution in [0, 0.1) is 0 Å². The number of hydrogen-bond donors (Lipinski definition) is 0. The van der Waals surface area contributed by atoms with Gasteiger partial charge in [-0.3, -0.25) is 0 Å². The van der Waals surface area contributed by atoms with Crippen LogP contribution in [0.4, 0.5) is 0 Å². The molecule has 0 atom stereocenters. The number of nitrogens with zero attached hydrogens (tertiary/aromatic N) is 1. The lowest BCUT2D eigenvalue weighted by Gasteiger charge is -2.26. The molecule has 0 bridgehead atoms. The lowest BCUT2D eigenvalue weighted by atomic mass is 9.79. The second kappa shape index (κ2) is 12.3. The Hall–Kier alpha value is -5.02. The summed E-state index contributed by atoms with van der Waals surface area (Å²) in [5.41, 5.74) is 12.0. The molecule has 3 heteroatoms. The largest absolute Gasteiger partial charge is 0.491 e. The summed E-state index contributed by atoms with van der Waals surface area (Å²) in [6.07, 6.45) is 15.2. The zero-order valence-corrected chi connectivity index (χ0v) is 28.3. The molecular formula is C44H43NO2. The maximum atomic E-state index is 6.39. The normalized spacial score (nSPS) is 14.0. The molecule has 0 N–H and O–H groups in total. The minimum absolute atomic E-state index is 0.114. The van der Waals surface area contributed by atoms with Crippen LogP contribution >= 0.6 is 0 Å². The van der Waals surface area contributed by atoms with Gasteiger partial charge in [-0.2, -0.15) is 0 Å². The van der Waals surface area contributed by atoms with E-state index in [1.165, 1.54) is 44.3 Å². The van der Waals surface area contributed by atoms with Crippen molar-refractivity contribution in [1.29, 1.82) is 0 Å². The van der Waals surface area contributed by atoms with Gasteiger partial charge in [0.15, 0.2) is 0 Å². The molecule has 0 radical (unpaired) electrons. The third-order valence-electron chi connectivity index (χ3n) is 9.34. The molecule has 0 saturated carbocycles. The molecule has 47 heavy (non-hydrogen) atoms. The molecule has 1 aliphatic rings. The highest BCUT2D eigenvalue weighted by atomic mass is 16.5. The van der Waals surface area contributed by atoms with Gasteiger partial charge < -0.3 is 13.7 Å². The summed E-state index contributed by atoms with van der Waals surface area (Å²) >= 11 is 0. The average molecular weight is 618 g/mol. The maximum Gasteiger partial charge on any atom is 0.134 e. The number of allylic oxidation sites excluding steroid dienone is 3. The van der Waals surface area contributed by atoms with Crippen LogP contribution in [0.2, 0.25) is 0 Å². The van der Waals surface area contributed by atoms with E-state index in [1.54, 1.807) is 0 Å². The standard InChI is InChI=1S/C44H43NO2/c1-7-9-10-18-37-42(46-29(3)4)26-25-36-33-23-21-31(28-38(33)44(5,6)43(36)37)45-39(15-8-2)35(34-17-12-13-19-40(34)45)24-22-32-27-30-16-11-14-20-41(30)47-32/h8-17,19-29H,7,18H2,1-6H3/b10-9-,15-8-,24-22+. The minimum atomic E-state index is -0.194. The number of ether oxygens (including phenoxy) is 1. The van der Waals surface area contributed by atoms with Crippen molar-refractivity contribution in [1.82, 2.24) is 4.57 Å². The van der Waals surface area contributed by atoms with Crippen LogP contribution < -0.4 is 4.74 Å². The summed E-state index contributed by atoms with van der Waals surface area (Å²) in [5, 5.41) is 2.31. The summed E-state index contributed by atoms with van der Waals surface area (Å²) < 4.78 is 14.9. The minimum Gasteiger partial charge on any atom is -0.491 e. The van der Waals surface area contributed by atoms with E-state index in [2.05, 4.69) is 149 Å². The monoisotopic (exact) mass is 617 g/mol. The average Bonchev–Trinajstić information content (AvgIpc) is 3.69. The zero-order chi connectivity index (χ0) is 32.7. The van der Waals surface area contributed by atoms with Crippen LogP contribution in [0.25, 0.3) is 56.9 Å². The molecule has 7 rings (SSSR count). The first kappa shape index (κ1) is 30.6. The molecule has 3 nitrogen and oxygen atoms in total. The smallest absolute Gasteiger partial charge is 0.134 e. The van der Waals surface area contributed by atoms with Gasteiger partial charge >= 0.3 is 0 Å². The lowest BCUT2D eigenvalue weighted by molar-refractivity contribution is 0.240. The third kappa shape index (κ3) is 5.34. The Morgan fingerprint density at radius 1 is 0.851 bits per heavy atom. The van der Waals surface area contributed by atoms with Gasteiger partial charge in [0.25, 0.3) is 0 Å². The van der Waals surface area contributed by atoms with E-state index < -0.39 is 0 Å². The van der Waals surface area contributed by atoms with Crippen molar-refractivity contribution in [2.45, 2.75) is 65.9 Å². The van der Waals surface area contributed by atoms with E-state index in [9.17, 15) is 0 Å². The van der Waals surface area contributed by atoms with Gasteiger partial charge in [-0.15, -0.1) is 0 Å². The molecule has 1 aliphatic carbocycles. The molecule has 0 fully saturated rings. The zero-order valence-electron chi connectivity index (χ0n) is 28.3. The Bertz CT molecular complexity index is 2160. The van der Waals surface area contributed by atoms with E-state index in [0.717, 1.165) is 46.7 Å². The van der Waals surface area contributed by atoms with Crippen molar-refractivity contribution in [2.75, 3.05) is 0 Å². The Kier molecular flexibility index (Phi) is 8.01. The number of rotatable bonds is 9. The van der Waals surface area contributed by atoms with Crippen molar-refractivity contribution >= 4 is 40.1 Å². The third-order valence-corrected chi connectivity index (χ3v) is 9.34. The molecule has 4 aromatic carbocycles. The van der Waals surface area contributed by atoms with Crippen LogP contribution in [0.3, 0.4) is 0 Å². The number of fused-ring (bicyclic) bond motifs is 5. The fourth-order valence-electron chi connectivity index (χ4n) is 7.37. The Morgan fingerprint density at radius 3 is 2.43 bits per heavy atom. The number of benzene rings is 4. The number of furan rings is 1.